The van der Waals surface area contributed by atoms with Gasteiger partial charge in [0, 0.05) is 22.7 Å². The van der Waals surface area contributed by atoms with Crippen molar-refractivity contribution in [3.05, 3.63) is 74.7 Å². The molecule has 0 fully saturated rings. The Morgan fingerprint density at radius 2 is 1.94 bits per heavy atom. The van der Waals surface area contributed by atoms with Gasteiger partial charge in [-0.1, -0.05) is 43.7 Å². The number of nitrogen functional groups attached to an aromatic ring is 1. The molecule has 0 bridgehead atoms. The summed E-state index contributed by atoms with van der Waals surface area (Å²) in [4.78, 5) is 22.8. The van der Waals surface area contributed by atoms with Gasteiger partial charge in [-0.15, -0.1) is 16.4 Å². The molecule has 4 aromatic rings. The number of amides is 1. The minimum atomic E-state index is -0.157. The van der Waals surface area contributed by atoms with Crippen molar-refractivity contribution in [2.45, 2.75) is 58.9 Å². The van der Waals surface area contributed by atoms with Gasteiger partial charge in [0.15, 0.2) is 0 Å². The number of aromatic nitrogens is 4. The smallest absolute Gasteiger partial charge is 0.254 e. The summed E-state index contributed by atoms with van der Waals surface area (Å²) < 4.78 is 1.64. The summed E-state index contributed by atoms with van der Waals surface area (Å²) in [5.41, 5.74) is 10.9. The molecule has 3 N–H and O–H groups in total. The molecule has 0 aliphatic carbocycles. The monoisotopic (exact) mass is 462 g/mol. The van der Waals surface area contributed by atoms with Crippen molar-refractivity contribution in [2.24, 2.45) is 0 Å². The Balaban J connectivity index is 1.48. The lowest BCUT2D eigenvalue weighted by Gasteiger charge is -2.19. The summed E-state index contributed by atoms with van der Waals surface area (Å²) >= 11 is 1.65. The molecule has 0 radical (unpaired) electrons. The summed E-state index contributed by atoms with van der Waals surface area (Å²) in [5, 5.41) is 9.50. The highest BCUT2D eigenvalue weighted by molar-refractivity contribution is 7.10. The van der Waals surface area contributed by atoms with Crippen molar-refractivity contribution in [1.29, 1.82) is 0 Å². The number of unbranched alkanes of at least 4 members (excludes halogenated alkanes) is 1. The molecule has 4 rings (SSSR count). The predicted octanol–water partition coefficient (Wildman–Crippen LogP) is 4.57. The molecular weight excluding hydrogens is 432 g/mol. The molecule has 0 aliphatic heterocycles. The number of nitrogens with zero attached hydrogens (tertiary/aromatic N) is 4. The Labute approximate surface area is 198 Å². The van der Waals surface area contributed by atoms with E-state index >= 15 is 0 Å². The fraction of sp³-hybridized carbons (Fsp3) is 0.360. The summed E-state index contributed by atoms with van der Waals surface area (Å²) in [6, 6.07) is 12.6. The molecule has 0 saturated heterocycles. The number of thiophene rings is 1. The molecule has 0 aliphatic rings. The first-order valence-corrected chi connectivity index (χ1v) is 12.2. The van der Waals surface area contributed by atoms with Crippen LogP contribution in [0.3, 0.4) is 0 Å². The average Bonchev–Trinajstić information content (AvgIpc) is 3.46. The van der Waals surface area contributed by atoms with Crippen LogP contribution < -0.4 is 11.1 Å². The van der Waals surface area contributed by atoms with E-state index in [9.17, 15) is 4.79 Å². The van der Waals surface area contributed by atoms with Crippen LogP contribution in [0.2, 0.25) is 0 Å². The van der Waals surface area contributed by atoms with Crippen LogP contribution in [-0.4, -0.2) is 25.5 Å². The highest BCUT2D eigenvalue weighted by Crippen LogP contribution is 2.27. The second-order valence-electron chi connectivity index (χ2n) is 8.30. The molecule has 1 atom stereocenters. The lowest BCUT2D eigenvalue weighted by atomic mass is 10.0. The van der Waals surface area contributed by atoms with Gasteiger partial charge in [-0.05, 0) is 61.2 Å². The number of carbonyl (C=O) groups excluding carboxylic acids is 1. The fourth-order valence-corrected chi connectivity index (χ4v) is 4.89. The SMILES string of the molecule is CCCCc1ccc([C@@H](NC(=O)CCc2c(C)nc3nc(N)nn3c2C)c2cccs2)cc1. The Morgan fingerprint density at radius 1 is 1.15 bits per heavy atom. The molecule has 0 saturated carbocycles. The molecule has 8 heteroatoms. The van der Waals surface area contributed by atoms with Crippen LogP contribution in [0, 0.1) is 13.8 Å². The summed E-state index contributed by atoms with van der Waals surface area (Å²) in [6.07, 6.45) is 4.38. The third-order valence-corrected chi connectivity index (χ3v) is 6.87. The van der Waals surface area contributed by atoms with E-state index in [4.69, 9.17) is 5.73 Å². The quantitative estimate of drug-likeness (QED) is 0.380. The van der Waals surface area contributed by atoms with Gasteiger partial charge in [0.1, 0.15) is 0 Å². The van der Waals surface area contributed by atoms with E-state index in [0.717, 1.165) is 33.8 Å². The zero-order valence-corrected chi connectivity index (χ0v) is 20.2. The van der Waals surface area contributed by atoms with E-state index in [1.54, 1.807) is 15.9 Å². The fourth-order valence-electron chi connectivity index (χ4n) is 4.09. The Bertz CT molecular complexity index is 1230. The van der Waals surface area contributed by atoms with Gasteiger partial charge < -0.3 is 11.1 Å². The Kier molecular flexibility index (Phi) is 7.03. The first-order valence-electron chi connectivity index (χ1n) is 11.4. The van der Waals surface area contributed by atoms with Gasteiger partial charge in [0.2, 0.25) is 11.9 Å². The highest BCUT2D eigenvalue weighted by atomic mass is 32.1. The highest BCUT2D eigenvalue weighted by Gasteiger charge is 2.19. The number of hydrogen-bond donors (Lipinski definition) is 2. The van der Waals surface area contributed by atoms with Gasteiger partial charge in [-0.25, -0.2) is 4.98 Å². The molecule has 1 amide bonds. The molecule has 1 aromatic carbocycles. The van der Waals surface area contributed by atoms with Crippen molar-refractivity contribution < 1.29 is 4.79 Å². The van der Waals surface area contributed by atoms with E-state index in [1.807, 2.05) is 25.3 Å². The predicted molar refractivity (Wildman–Crippen MR) is 132 cm³/mol. The molecule has 0 unspecified atom stereocenters. The number of aryl methyl sites for hydroxylation is 3. The van der Waals surface area contributed by atoms with Crippen LogP contribution in [0.15, 0.2) is 41.8 Å². The van der Waals surface area contributed by atoms with E-state index in [0.29, 0.717) is 18.6 Å². The largest absolute Gasteiger partial charge is 0.366 e. The van der Waals surface area contributed by atoms with Crippen molar-refractivity contribution in [2.75, 3.05) is 5.73 Å². The number of benzene rings is 1. The van der Waals surface area contributed by atoms with Crippen LogP contribution in [0.5, 0.6) is 0 Å². The van der Waals surface area contributed by atoms with E-state index < -0.39 is 0 Å². The van der Waals surface area contributed by atoms with Gasteiger partial charge in [-0.2, -0.15) is 9.50 Å². The Morgan fingerprint density at radius 3 is 2.64 bits per heavy atom. The normalized spacial score (nSPS) is 12.2. The van der Waals surface area contributed by atoms with E-state index in [-0.39, 0.29) is 17.9 Å². The van der Waals surface area contributed by atoms with Crippen LogP contribution in [0.4, 0.5) is 5.95 Å². The van der Waals surface area contributed by atoms with Gasteiger partial charge in [-0.3, -0.25) is 4.79 Å². The van der Waals surface area contributed by atoms with Crippen LogP contribution in [0.25, 0.3) is 5.78 Å². The number of anilines is 1. The standard InChI is InChI=1S/C25H30N6OS/c1-4-5-7-18-9-11-19(12-10-18)23(21-8-6-15-33-21)28-22(32)14-13-20-16(2)27-25-29-24(26)30-31(25)17(20)3/h6,8-12,15,23H,4-5,7,13-14H2,1-3H3,(H2,26,30)(H,28,32)/t23-/m1/s1. The number of rotatable bonds is 9. The summed E-state index contributed by atoms with van der Waals surface area (Å²) in [5.74, 6) is 0.677. The first kappa shape index (κ1) is 22.9. The minimum absolute atomic E-state index is 0.000427. The van der Waals surface area contributed by atoms with E-state index in [2.05, 4.69) is 57.6 Å². The summed E-state index contributed by atoms with van der Waals surface area (Å²) in [7, 11) is 0. The zero-order valence-electron chi connectivity index (χ0n) is 19.3. The minimum Gasteiger partial charge on any atom is -0.366 e. The summed E-state index contributed by atoms with van der Waals surface area (Å²) in [6.45, 7) is 6.09. The molecule has 33 heavy (non-hydrogen) atoms. The second-order valence-corrected chi connectivity index (χ2v) is 9.28. The van der Waals surface area contributed by atoms with Crippen LogP contribution in [-0.2, 0) is 17.6 Å². The number of nitrogens with one attached hydrogen (secondary N) is 1. The molecule has 3 heterocycles. The van der Waals surface area contributed by atoms with Crippen molar-refractivity contribution in [3.8, 4) is 0 Å². The van der Waals surface area contributed by atoms with Crippen molar-refractivity contribution in [3.63, 3.8) is 0 Å². The average molecular weight is 463 g/mol. The Hall–Kier alpha value is -3.26. The van der Waals surface area contributed by atoms with Gasteiger partial charge >= 0.3 is 0 Å². The maximum atomic E-state index is 13.0. The maximum Gasteiger partial charge on any atom is 0.254 e. The molecule has 3 aromatic heterocycles. The number of fused-ring (bicyclic) bond motifs is 1. The zero-order chi connectivity index (χ0) is 23.4. The maximum absolute atomic E-state index is 13.0. The second kappa shape index (κ2) is 10.1. The van der Waals surface area contributed by atoms with Gasteiger partial charge in [0.05, 0.1) is 6.04 Å². The molecule has 0 spiro atoms. The molecule has 172 valence electrons. The molecule has 7 nitrogen and oxygen atoms in total. The third kappa shape index (κ3) is 5.22. The third-order valence-electron chi connectivity index (χ3n) is 5.93. The van der Waals surface area contributed by atoms with Gasteiger partial charge in [0.25, 0.3) is 5.78 Å². The first-order chi connectivity index (χ1) is 16.0. The van der Waals surface area contributed by atoms with Crippen LogP contribution in [0.1, 0.15) is 65.2 Å². The number of carbonyl (C=O) groups is 1. The lowest BCUT2D eigenvalue weighted by molar-refractivity contribution is -0.121. The van der Waals surface area contributed by atoms with Crippen molar-refractivity contribution in [1.82, 2.24) is 24.9 Å². The molecular formula is C25H30N6OS. The lowest BCUT2D eigenvalue weighted by Crippen LogP contribution is -2.29. The topological polar surface area (TPSA) is 98.2 Å². The number of hydrogen-bond acceptors (Lipinski definition) is 6. The van der Waals surface area contributed by atoms with Crippen LogP contribution >= 0.6 is 11.3 Å². The van der Waals surface area contributed by atoms with Crippen molar-refractivity contribution >= 4 is 29.0 Å². The van der Waals surface area contributed by atoms with E-state index in [1.165, 1.54) is 18.4 Å². The number of nitrogens with two attached hydrogens (primary N) is 1.